The molecule has 3 rings (SSSR count). The molecule has 1 amide bonds. The molecule has 2 heterocycles. The number of aromatic nitrogens is 3. The van der Waals surface area contributed by atoms with Crippen LogP contribution in [-0.2, 0) is 7.05 Å². The first kappa shape index (κ1) is 15.7. The molecule has 0 unspecified atom stereocenters. The Kier molecular flexibility index (Phi) is 3.95. The van der Waals surface area contributed by atoms with Gasteiger partial charge in [0.1, 0.15) is 5.82 Å². The van der Waals surface area contributed by atoms with Gasteiger partial charge in [-0.1, -0.05) is 23.2 Å². The van der Waals surface area contributed by atoms with Gasteiger partial charge in [-0.3, -0.25) is 9.48 Å². The molecule has 1 aromatic carbocycles. The van der Waals surface area contributed by atoms with Gasteiger partial charge in [0.2, 0.25) is 0 Å². The van der Waals surface area contributed by atoms with E-state index in [-0.39, 0.29) is 15.6 Å². The van der Waals surface area contributed by atoms with E-state index in [1.165, 1.54) is 12.3 Å². The molecule has 0 aliphatic heterocycles. The van der Waals surface area contributed by atoms with Gasteiger partial charge in [0.05, 0.1) is 33.2 Å². The lowest BCUT2D eigenvalue weighted by Crippen LogP contribution is -2.13. The Morgan fingerprint density at radius 3 is 2.74 bits per heavy atom. The number of nitrogens with zero attached hydrogens (tertiary/aromatic N) is 3. The normalized spacial score (nSPS) is 11.0. The Morgan fingerprint density at radius 2 is 2.00 bits per heavy atom. The number of amides is 1. The number of halogens is 3. The van der Waals surface area contributed by atoms with Gasteiger partial charge in [0.15, 0.2) is 5.65 Å². The molecule has 0 aliphatic rings. The SMILES string of the molecule is Cc1nn(C)c2ncc(NC(=O)c3cc(F)c(Cl)cc3Cl)cc12. The topological polar surface area (TPSA) is 59.8 Å². The molecule has 0 bridgehead atoms. The summed E-state index contributed by atoms with van der Waals surface area (Å²) < 4.78 is 15.2. The number of aryl methyl sites for hydroxylation is 2. The largest absolute Gasteiger partial charge is 0.321 e. The summed E-state index contributed by atoms with van der Waals surface area (Å²) in [5.41, 5.74) is 1.96. The second kappa shape index (κ2) is 5.79. The van der Waals surface area contributed by atoms with Crippen molar-refractivity contribution in [2.24, 2.45) is 7.05 Å². The van der Waals surface area contributed by atoms with E-state index in [0.29, 0.717) is 11.3 Å². The minimum atomic E-state index is -0.710. The van der Waals surface area contributed by atoms with Crippen molar-refractivity contribution < 1.29 is 9.18 Å². The molecule has 3 aromatic rings. The third-order valence-electron chi connectivity index (χ3n) is 3.38. The zero-order chi connectivity index (χ0) is 16.7. The van der Waals surface area contributed by atoms with Crippen LogP contribution in [0.3, 0.4) is 0 Å². The van der Waals surface area contributed by atoms with Crippen LogP contribution in [0, 0.1) is 12.7 Å². The van der Waals surface area contributed by atoms with E-state index >= 15 is 0 Å². The first-order valence-electron chi connectivity index (χ1n) is 6.62. The van der Waals surface area contributed by atoms with Crippen LogP contribution in [0.2, 0.25) is 10.0 Å². The predicted octanol–water partition coefficient (Wildman–Crippen LogP) is 3.97. The molecule has 0 aliphatic carbocycles. The molecule has 0 fully saturated rings. The lowest BCUT2D eigenvalue weighted by Gasteiger charge is -2.08. The number of nitrogens with one attached hydrogen (secondary N) is 1. The molecule has 8 heteroatoms. The predicted molar refractivity (Wildman–Crippen MR) is 87.6 cm³/mol. The lowest BCUT2D eigenvalue weighted by atomic mass is 10.2. The van der Waals surface area contributed by atoms with Gasteiger partial charge in [-0.05, 0) is 25.1 Å². The Bertz CT molecular complexity index is 939. The number of carbonyl (C=O) groups excluding carboxylic acids is 1. The molecule has 2 aromatic heterocycles. The first-order valence-corrected chi connectivity index (χ1v) is 7.37. The quantitative estimate of drug-likeness (QED) is 0.709. The number of hydrogen-bond donors (Lipinski definition) is 1. The van der Waals surface area contributed by atoms with Crippen LogP contribution in [0.5, 0.6) is 0 Å². The van der Waals surface area contributed by atoms with Crippen molar-refractivity contribution in [1.29, 1.82) is 0 Å². The van der Waals surface area contributed by atoms with Gasteiger partial charge in [0.25, 0.3) is 5.91 Å². The molecule has 118 valence electrons. The molecule has 23 heavy (non-hydrogen) atoms. The van der Waals surface area contributed by atoms with E-state index in [1.807, 2.05) is 6.92 Å². The third-order valence-corrected chi connectivity index (χ3v) is 3.98. The van der Waals surface area contributed by atoms with Crippen LogP contribution >= 0.6 is 23.2 Å². The molecular formula is C15H11Cl2FN4O. The number of fused-ring (bicyclic) bond motifs is 1. The van der Waals surface area contributed by atoms with E-state index < -0.39 is 11.7 Å². The maximum Gasteiger partial charge on any atom is 0.257 e. The Labute approximate surface area is 141 Å². The summed E-state index contributed by atoms with van der Waals surface area (Å²) in [6, 6.07) is 3.95. The van der Waals surface area contributed by atoms with Gasteiger partial charge in [0, 0.05) is 12.4 Å². The minimum absolute atomic E-state index is 0.00317. The highest BCUT2D eigenvalue weighted by atomic mass is 35.5. The number of hydrogen-bond acceptors (Lipinski definition) is 3. The van der Waals surface area contributed by atoms with Gasteiger partial charge in [-0.2, -0.15) is 5.10 Å². The highest BCUT2D eigenvalue weighted by molar-refractivity contribution is 6.37. The Balaban J connectivity index is 1.94. The summed E-state index contributed by atoms with van der Waals surface area (Å²) >= 11 is 11.6. The summed E-state index contributed by atoms with van der Waals surface area (Å²) in [6.45, 7) is 1.85. The van der Waals surface area contributed by atoms with E-state index in [0.717, 1.165) is 17.1 Å². The third kappa shape index (κ3) is 2.87. The molecule has 5 nitrogen and oxygen atoms in total. The van der Waals surface area contributed by atoms with Crippen LogP contribution in [-0.4, -0.2) is 20.7 Å². The highest BCUT2D eigenvalue weighted by Gasteiger charge is 2.15. The monoisotopic (exact) mass is 352 g/mol. The van der Waals surface area contributed by atoms with Crippen molar-refractivity contribution in [3.63, 3.8) is 0 Å². The average molecular weight is 353 g/mol. The minimum Gasteiger partial charge on any atom is -0.321 e. The number of anilines is 1. The van der Waals surface area contributed by atoms with Gasteiger partial charge >= 0.3 is 0 Å². The smallest absolute Gasteiger partial charge is 0.257 e. The van der Waals surface area contributed by atoms with Crippen molar-refractivity contribution in [3.05, 3.63) is 51.5 Å². The highest BCUT2D eigenvalue weighted by Crippen LogP contribution is 2.26. The summed E-state index contributed by atoms with van der Waals surface area (Å²) in [7, 11) is 1.79. The number of benzene rings is 1. The lowest BCUT2D eigenvalue weighted by molar-refractivity contribution is 0.102. The van der Waals surface area contributed by atoms with Crippen molar-refractivity contribution in [2.45, 2.75) is 6.92 Å². The number of carbonyl (C=O) groups is 1. The van der Waals surface area contributed by atoms with E-state index in [9.17, 15) is 9.18 Å². The molecule has 0 saturated heterocycles. The molecule has 0 radical (unpaired) electrons. The van der Waals surface area contributed by atoms with Crippen molar-refractivity contribution in [2.75, 3.05) is 5.32 Å². The fraction of sp³-hybridized carbons (Fsp3) is 0.133. The second-order valence-corrected chi connectivity index (χ2v) is 5.82. The van der Waals surface area contributed by atoms with Crippen molar-refractivity contribution in [1.82, 2.24) is 14.8 Å². The zero-order valence-corrected chi connectivity index (χ0v) is 13.7. The summed E-state index contributed by atoms with van der Waals surface area (Å²) in [5, 5.41) is 7.65. The molecule has 0 atom stereocenters. The van der Waals surface area contributed by atoms with Crippen LogP contribution in [0.4, 0.5) is 10.1 Å². The number of rotatable bonds is 2. The fourth-order valence-corrected chi connectivity index (χ4v) is 2.74. The van der Waals surface area contributed by atoms with E-state index in [4.69, 9.17) is 23.2 Å². The molecule has 0 saturated carbocycles. The maximum absolute atomic E-state index is 13.5. The molecular weight excluding hydrogens is 342 g/mol. The van der Waals surface area contributed by atoms with Gasteiger partial charge < -0.3 is 5.32 Å². The molecule has 0 spiro atoms. The van der Waals surface area contributed by atoms with Gasteiger partial charge in [-0.25, -0.2) is 9.37 Å². The van der Waals surface area contributed by atoms with Crippen LogP contribution in [0.25, 0.3) is 11.0 Å². The van der Waals surface area contributed by atoms with Crippen LogP contribution in [0.1, 0.15) is 16.1 Å². The molecule has 1 N–H and O–H groups in total. The number of pyridine rings is 1. The first-order chi connectivity index (χ1) is 10.9. The van der Waals surface area contributed by atoms with Gasteiger partial charge in [-0.15, -0.1) is 0 Å². The Hall–Kier alpha value is -2.18. The fourth-order valence-electron chi connectivity index (χ4n) is 2.27. The summed E-state index contributed by atoms with van der Waals surface area (Å²) in [5.74, 6) is -1.26. The average Bonchev–Trinajstić information content (AvgIpc) is 2.77. The summed E-state index contributed by atoms with van der Waals surface area (Å²) in [4.78, 5) is 16.5. The zero-order valence-electron chi connectivity index (χ0n) is 12.2. The van der Waals surface area contributed by atoms with Crippen molar-refractivity contribution >= 4 is 45.8 Å². The van der Waals surface area contributed by atoms with E-state index in [2.05, 4.69) is 15.4 Å². The van der Waals surface area contributed by atoms with Crippen molar-refractivity contribution in [3.8, 4) is 0 Å². The standard InChI is InChI=1S/C15H11Cl2FN4O/c1-7-9-3-8(6-19-14(9)22(2)21-7)20-15(23)10-4-13(18)12(17)5-11(10)16/h3-6H,1-2H3,(H,20,23). The second-order valence-electron chi connectivity index (χ2n) is 5.00. The van der Waals surface area contributed by atoms with E-state index in [1.54, 1.807) is 17.8 Å². The van der Waals surface area contributed by atoms with Crippen LogP contribution in [0.15, 0.2) is 24.4 Å². The van der Waals surface area contributed by atoms with Crippen LogP contribution < -0.4 is 5.32 Å². The Morgan fingerprint density at radius 1 is 1.26 bits per heavy atom. The maximum atomic E-state index is 13.5. The summed E-state index contributed by atoms with van der Waals surface area (Å²) in [6.07, 6.45) is 1.50.